The number of hydrogen-bond acceptors (Lipinski definition) is 2. The molecule has 1 aliphatic carbocycles. The SMILES string of the molecule is C[Si](=O)OCC1CCCCC1. The molecule has 1 aliphatic rings. The van der Waals surface area contributed by atoms with Crippen LogP contribution in [0.2, 0.25) is 6.55 Å². The van der Waals surface area contributed by atoms with Crippen LogP contribution in [0.25, 0.3) is 0 Å². The first-order valence-corrected chi connectivity index (χ1v) is 6.24. The van der Waals surface area contributed by atoms with E-state index in [0.29, 0.717) is 5.92 Å². The van der Waals surface area contributed by atoms with Gasteiger partial charge in [-0.3, -0.25) is 0 Å². The summed E-state index contributed by atoms with van der Waals surface area (Å²) in [6, 6.07) is 0. The molecular weight excluding hydrogens is 156 g/mol. The van der Waals surface area contributed by atoms with Gasteiger partial charge >= 0.3 is 8.93 Å². The summed E-state index contributed by atoms with van der Waals surface area (Å²) < 4.78 is 15.8. The normalized spacial score (nSPS) is 19.7. The van der Waals surface area contributed by atoms with Crippen molar-refractivity contribution in [1.82, 2.24) is 0 Å². The quantitative estimate of drug-likeness (QED) is 0.610. The fourth-order valence-corrected chi connectivity index (χ4v) is 2.06. The molecule has 0 spiro atoms. The molecule has 0 aromatic carbocycles. The standard InChI is InChI=1S/C8H16O2Si/c1-11(9)10-7-8-5-3-2-4-6-8/h8H,2-7H2,1H3. The first-order chi connectivity index (χ1) is 5.29. The van der Waals surface area contributed by atoms with Crippen LogP contribution in [0.15, 0.2) is 0 Å². The minimum Gasteiger partial charge on any atom is -0.524 e. The Labute approximate surface area is 69.7 Å². The third kappa shape index (κ3) is 3.65. The van der Waals surface area contributed by atoms with Crippen molar-refractivity contribution in [2.75, 3.05) is 6.61 Å². The topological polar surface area (TPSA) is 26.3 Å². The highest BCUT2D eigenvalue weighted by Crippen LogP contribution is 2.23. The summed E-state index contributed by atoms with van der Waals surface area (Å²) in [4.78, 5) is 0. The van der Waals surface area contributed by atoms with E-state index in [1.807, 2.05) is 0 Å². The Balaban J connectivity index is 2.09. The lowest BCUT2D eigenvalue weighted by Crippen LogP contribution is -2.15. The van der Waals surface area contributed by atoms with Crippen molar-refractivity contribution in [2.45, 2.75) is 38.7 Å². The van der Waals surface area contributed by atoms with Crippen molar-refractivity contribution in [3.05, 3.63) is 0 Å². The Bertz CT molecular complexity index is 130. The van der Waals surface area contributed by atoms with Gasteiger partial charge < -0.3 is 8.89 Å². The molecule has 0 heterocycles. The number of hydrogen-bond donors (Lipinski definition) is 0. The highest BCUT2D eigenvalue weighted by Gasteiger charge is 2.14. The van der Waals surface area contributed by atoms with E-state index in [-0.39, 0.29) is 0 Å². The lowest BCUT2D eigenvalue weighted by Gasteiger charge is -2.20. The molecule has 0 bridgehead atoms. The molecule has 0 amide bonds. The predicted octanol–water partition coefficient (Wildman–Crippen LogP) is 2.13. The van der Waals surface area contributed by atoms with E-state index in [4.69, 9.17) is 4.43 Å². The summed E-state index contributed by atoms with van der Waals surface area (Å²) in [7, 11) is -1.68. The summed E-state index contributed by atoms with van der Waals surface area (Å²) in [6.45, 7) is 2.39. The second-order valence-corrected chi connectivity index (χ2v) is 4.58. The highest BCUT2D eigenvalue weighted by molar-refractivity contribution is 6.32. The zero-order valence-electron chi connectivity index (χ0n) is 7.14. The fraction of sp³-hybridized carbons (Fsp3) is 1.00. The summed E-state index contributed by atoms with van der Waals surface area (Å²) in [5.74, 6) is 0.692. The predicted molar refractivity (Wildman–Crippen MR) is 44.8 cm³/mol. The van der Waals surface area contributed by atoms with Crippen LogP contribution in [-0.2, 0) is 8.89 Å². The number of rotatable bonds is 3. The van der Waals surface area contributed by atoms with Gasteiger partial charge in [-0.25, -0.2) is 0 Å². The van der Waals surface area contributed by atoms with Gasteiger partial charge in [-0.1, -0.05) is 19.3 Å². The van der Waals surface area contributed by atoms with Crippen molar-refractivity contribution in [1.29, 1.82) is 0 Å². The molecule has 0 aromatic heterocycles. The highest BCUT2D eigenvalue weighted by atomic mass is 28.3. The largest absolute Gasteiger partial charge is 0.524 e. The summed E-state index contributed by atoms with van der Waals surface area (Å²) in [5.41, 5.74) is 0. The van der Waals surface area contributed by atoms with Crippen LogP contribution in [0.5, 0.6) is 0 Å². The van der Waals surface area contributed by atoms with Gasteiger partial charge in [0, 0.05) is 6.55 Å². The average Bonchev–Trinajstić information content (AvgIpc) is 2.03. The van der Waals surface area contributed by atoms with Gasteiger partial charge in [0.15, 0.2) is 0 Å². The summed E-state index contributed by atoms with van der Waals surface area (Å²) in [6.07, 6.45) is 6.58. The molecule has 0 atom stereocenters. The molecule has 64 valence electrons. The van der Waals surface area contributed by atoms with Crippen LogP contribution in [0, 0.1) is 5.92 Å². The van der Waals surface area contributed by atoms with Crippen molar-refractivity contribution < 1.29 is 8.89 Å². The van der Waals surface area contributed by atoms with E-state index >= 15 is 0 Å². The van der Waals surface area contributed by atoms with Crippen molar-refractivity contribution in [2.24, 2.45) is 5.92 Å². The van der Waals surface area contributed by atoms with E-state index in [2.05, 4.69) is 0 Å². The van der Waals surface area contributed by atoms with E-state index < -0.39 is 8.93 Å². The molecule has 3 heteroatoms. The zero-order chi connectivity index (χ0) is 8.10. The third-order valence-corrected chi connectivity index (χ3v) is 2.82. The van der Waals surface area contributed by atoms with E-state index in [9.17, 15) is 4.46 Å². The second-order valence-electron chi connectivity index (χ2n) is 3.31. The molecule has 1 rings (SSSR count). The Hall–Kier alpha value is -0.183. The van der Waals surface area contributed by atoms with Gasteiger partial charge in [-0.05, 0) is 18.8 Å². The van der Waals surface area contributed by atoms with Crippen molar-refractivity contribution in [3.8, 4) is 0 Å². The maximum atomic E-state index is 10.6. The molecule has 11 heavy (non-hydrogen) atoms. The molecule has 0 unspecified atom stereocenters. The molecule has 0 N–H and O–H groups in total. The van der Waals surface area contributed by atoms with E-state index in [1.54, 1.807) is 6.55 Å². The van der Waals surface area contributed by atoms with Gasteiger partial charge in [0.1, 0.15) is 0 Å². The minimum absolute atomic E-state index is 0.692. The molecule has 1 fully saturated rings. The summed E-state index contributed by atoms with van der Waals surface area (Å²) in [5, 5.41) is 0. The molecule has 0 saturated heterocycles. The second kappa shape index (κ2) is 4.65. The molecule has 0 aromatic rings. The fourth-order valence-electron chi connectivity index (χ4n) is 1.59. The maximum Gasteiger partial charge on any atom is 0.499 e. The van der Waals surface area contributed by atoms with Gasteiger partial charge in [-0.2, -0.15) is 0 Å². The van der Waals surface area contributed by atoms with Crippen LogP contribution in [0.1, 0.15) is 32.1 Å². The van der Waals surface area contributed by atoms with Crippen LogP contribution in [0.4, 0.5) is 0 Å². The Morgan fingerprint density at radius 2 is 2.00 bits per heavy atom. The van der Waals surface area contributed by atoms with Crippen LogP contribution < -0.4 is 0 Å². The van der Waals surface area contributed by atoms with Crippen LogP contribution >= 0.6 is 0 Å². The Morgan fingerprint density at radius 3 is 2.55 bits per heavy atom. The first kappa shape index (κ1) is 8.91. The van der Waals surface area contributed by atoms with Crippen LogP contribution in [-0.4, -0.2) is 15.5 Å². The Kier molecular flexibility index (Phi) is 3.76. The van der Waals surface area contributed by atoms with E-state index in [1.165, 1.54) is 32.1 Å². The zero-order valence-corrected chi connectivity index (χ0v) is 8.14. The minimum atomic E-state index is -1.68. The van der Waals surface area contributed by atoms with Crippen molar-refractivity contribution >= 4 is 8.93 Å². The third-order valence-electron chi connectivity index (χ3n) is 2.25. The molecule has 1 saturated carbocycles. The smallest absolute Gasteiger partial charge is 0.499 e. The summed E-state index contributed by atoms with van der Waals surface area (Å²) >= 11 is 0. The molecule has 2 nitrogen and oxygen atoms in total. The lowest BCUT2D eigenvalue weighted by atomic mass is 9.90. The lowest BCUT2D eigenvalue weighted by molar-refractivity contribution is 0.198. The first-order valence-electron chi connectivity index (χ1n) is 4.42. The molecular formula is C8H16O2Si. The van der Waals surface area contributed by atoms with Gasteiger partial charge in [0.25, 0.3) is 0 Å². The van der Waals surface area contributed by atoms with Gasteiger partial charge in [-0.15, -0.1) is 0 Å². The monoisotopic (exact) mass is 172 g/mol. The molecule has 0 aliphatic heterocycles. The average molecular weight is 172 g/mol. The molecule has 0 radical (unpaired) electrons. The van der Waals surface area contributed by atoms with Crippen molar-refractivity contribution in [3.63, 3.8) is 0 Å². The van der Waals surface area contributed by atoms with Gasteiger partial charge in [0.05, 0.1) is 6.61 Å². The van der Waals surface area contributed by atoms with Crippen LogP contribution in [0.3, 0.4) is 0 Å². The van der Waals surface area contributed by atoms with Gasteiger partial charge in [0.2, 0.25) is 0 Å². The maximum absolute atomic E-state index is 10.6. The van der Waals surface area contributed by atoms with E-state index in [0.717, 1.165) is 6.61 Å². The Morgan fingerprint density at radius 1 is 1.36 bits per heavy atom.